The number of carbonyl (C=O) groups is 1. The first-order chi connectivity index (χ1) is 11.9. The van der Waals surface area contributed by atoms with Gasteiger partial charge in [-0.05, 0) is 63.1 Å². The van der Waals surface area contributed by atoms with Gasteiger partial charge in [-0.3, -0.25) is 4.79 Å². The summed E-state index contributed by atoms with van der Waals surface area (Å²) in [5.74, 6) is 1.15. The molecule has 0 spiro atoms. The molecule has 0 bridgehead atoms. The maximum absolute atomic E-state index is 12.5. The number of hydrogen-bond acceptors (Lipinski definition) is 3. The third-order valence-electron chi connectivity index (χ3n) is 3.54. The van der Waals surface area contributed by atoms with Crippen molar-refractivity contribution in [3.63, 3.8) is 0 Å². The normalized spacial score (nSPS) is 11.9. The monoisotopic (exact) mass is 361 g/mol. The largest absolute Gasteiger partial charge is 0.491 e. The summed E-state index contributed by atoms with van der Waals surface area (Å²) in [6.07, 6.45) is 0.0384. The molecular weight excluding hydrogens is 338 g/mol. The molecule has 2 aromatic rings. The van der Waals surface area contributed by atoms with Crippen molar-refractivity contribution < 1.29 is 14.3 Å². The number of ether oxygens (including phenoxy) is 2. The topological polar surface area (TPSA) is 47.6 Å². The van der Waals surface area contributed by atoms with E-state index in [9.17, 15) is 4.79 Å². The van der Waals surface area contributed by atoms with Crippen LogP contribution in [-0.2, 0) is 4.79 Å². The Balaban J connectivity index is 2.05. The van der Waals surface area contributed by atoms with Gasteiger partial charge in [-0.15, -0.1) is 0 Å². The molecule has 1 atom stereocenters. The molecule has 4 nitrogen and oxygen atoms in total. The second kappa shape index (κ2) is 8.77. The Morgan fingerprint density at radius 2 is 1.84 bits per heavy atom. The number of carbonyl (C=O) groups excluding carboxylic acids is 1. The van der Waals surface area contributed by atoms with E-state index in [1.165, 1.54) is 0 Å². The maximum Gasteiger partial charge on any atom is 0.265 e. The van der Waals surface area contributed by atoms with Crippen molar-refractivity contribution in [2.75, 3.05) is 5.32 Å². The average Bonchev–Trinajstić information content (AvgIpc) is 2.55. The molecule has 0 aliphatic heterocycles. The molecule has 0 aliphatic carbocycles. The summed E-state index contributed by atoms with van der Waals surface area (Å²) in [5, 5.41) is 3.56. The zero-order valence-electron chi connectivity index (χ0n) is 15.0. The van der Waals surface area contributed by atoms with Crippen LogP contribution in [0.1, 0.15) is 32.8 Å². The Bertz CT molecular complexity index is 731. The van der Waals surface area contributed by atoms with Gasteiger partial charge in [0.15, 0.2) is 6.10 Å². The lowest BCUT2D eigenvalue weighted by Gasteiger charge is -2.18. The van der Waals surface area contributed by atoms with E-state index in [4.69, 9.17) is 21.1 Å². The SMILES string of the molecule is CC[C@@H](Oc1ccc(Cl)c(C)c1)C(=O)Nc1cccc(OC(C)C)c1. The van der Waals surface area contributed by atoms with Gasteiger partial charge in [0.05, 0.1) is 6.10 Å². The van der Waals surface area contributed by atoms with Crippen LogP contribution < -0.4 is 14.8 Å². The molecule has 0 aromatic heterocycles. The van der Waals surface area contributed by atoms with Crippen molar-refractivity contribution >= 4 is 23.2 Å². The van der Waals surface area contributed by atoms with Crippen LogP contribution in [0.5, 0.6) is 11.5 Å². The number of rotatable bonds is 7. The highest BCUT2D eigenvalue weighted by atomic mass is 35.5. The Kier molecular flexibility index (Phi) is 6.71. The summed E-state index contributed by atoms with van der Waals surface area (Å²) in [6.45, 7) is 7.72. The van der Waals surface area contributed by atoms with E-state index in [-0.39, 0.29) is 12.0 Å². The van der Waals surface area contributed by atoms with Gasteiger partial charge in [0.2, 0.25) is 0 Å². The van der Waals surface area contributed by atoms with Gasteiger partial charge >= 0.3 is 0 Å². The summed E-state index contributed by atoms with van der Waals surface area (Å²) >= 11 is 6.02. The molecule has 0 heterocycles. The number of amides is 1. The molecule has 0 aliphatic rings. The van der Waals surface area contributed by atoms with Crippen LogP contribution in [0.25, 0.3) is 0 Å². The van der Waals surface area contributed by atoms with Crippen molar-refractivity contribution in [2.24, 2.45) is 0 Å². The molecule has 1 N–H and O–H groups in total. The maximum atomic E-state index is 12.5. The van der Waals surface area contributed by atoms with E-state index in [0.717, 1.165) is 11.3 Å². The molecule has 1 amide bonds. The van der Waals surface area contributed by atoms with Crippen LogP contribution in [0.4, 0.5) is 5.69 Å². The van der Waals surface area contributed by atoms with Crippen molar-refractivity contribution in [2.45, 2.75) is 46.3 Å². The highest BCUT2D eigenvalue weighted by molar-refractivity contribution is 6.31. The van der Waals surface area contributed by atoms with Crippen LogP contribution in [0, 0.1) is 6.92 Å². The molecule has 0 saturated carbocycles. The van der Waals surface area contributed by atoms with Gasteiger partial charge < -0.3 is 14.8 Å². The van der Waals surface area contributed by atoms with Crippen LogP contribution in [0.15, 0.2) is 42.5 Å². The Morgan fingerprint density at radius 1 is 1.12 bits per heavy atom. The fourth-order valence-corrected chi connectivity index (χ4v) is 2.44. The summed E-state index contributed by atoms with van der Waals surface area (Å²) in [5.41, 5.74) is 1.59. The lowest BCUT2D eigenvalue weighted by molar-refractivity contribution is -0.122. The second-order valence-corrected chi connectivity index (χ2v) is 6.52. The quantitative estimate of drug-likeness (QED) is 0.734. The Labute approximate surface area is 154 Å². The number of aryl methyl sites for hydroxylation is 1. The summed E-state index contributed by atoms with van der Waals surface area (Å²) < 4.78 is 11.5. The van der Waals surface area contributed by atoms with Gasteiger partial charge in [0, 0.05) is 16.8 Å². The van der Waals surface area contributed by atoms with Crippen LogP contribution >= 0.6 is 11.6 Å². The summed E-state index contributed by atoms with van der Waals surface area (Å²) in [7, 11) is 0. The van der Waals surface area contributed by atoms with E-state index in [1.54, 1.807) is 18.2 Å². The van der Waals surface area contributed by atoms with Crippen LogP contribution in [-0.4, -0.2) is 18.1 Å². The predicted octanol–water partition coefficient (Wildman–Crippen LogP) is 5.23. The smallest absolute Gasteiger partial charge is 0.265 e. The van der Waals surface area contributed by atoms with Crippen molar-refractivity contribution in [1.29, 1.82) is 0 Å². The molecule has 2 aromatic carbocycles. The zero-order chi connectivity index (χ0) is 18.4. The van der Waals surface area contributed by atoms with Gasteiger partial charge in [0.1, 0.15) is 11.5 Å². The zero-order valence-corrected chi connectivity index (χ0v) is 15.8. The highest BCUT2D eigenvalue weighted by Gasteiger charge is 2.19. The molecule has 0 unspecified atom stereocenters. The average molecular weight is 362 g/mol. The minimum Gasteiger partial charge on any atom is -0.491 e. The fourth-order valence-electron chi connectivity index (χ4n) is 2.32. The van der Waals surface area contributed by atoms with Gasteiger partial charge in [-0.25, -0.2) is 0 Å². The number of nitrogens with one attached hydrogen (secondary N) is 1. The molecule has 134 valence electrons. The molecule has 25 heavy (non-hydrogen) atoms. The number of benzene rings is 2. The first kappa shape index (κ1) is 19.1. The summed E-state index contributed by atoms with van der Waals surface area (Å²) in [6, 6.07) is 12.7. The van der Waals surface area contributed by atoms with Gasteiger partial charge in [0.25, 0.3) is 5.91 Å². The van der Waals surface area contributed by atoms with E-state index in [2.05, 4.69) is 5.32 Å². The lowest BCUT2D eigenvalue weighted by Crippen LogP contribution is -2.32. The molecular formula is C20H24ClNO3. The Hall–Kier alpha value is -2.20. The minimum absolute atomic E-state index is 0.0748. The van der Waals surface area contributed by atoms with E-state index >= 15 is 0 Å². The first-order valence-corrected chi connectivity index (χ1v) is 8.77. The van der Waals surface area contributed by atoms with Crippen molar-refractivity contribution in [3.05, 3.63) is 53.1 Å². The third-order valence-corrected chi connectivity index (χ3v) is 3.97. The van der Waals surface area contributed by atoms with Gasteiger partial charge in [-0.2, -0.15) is 0 Å². The molecule has 0 fully saturated rings. The molecule has 5 heteroatoms. The predicted molar refractivity (Wildman–Crippen MR) is 102 cm³/mol. The standard InChI is InChI=1S/C20H24ClNO3/c1-5-19(25-17-9-10-18(21)14(4)11-17)20(23)22-15-7-6-8-16(12-15)24-13(2)3/h6-13,19H,5H2,1-4H3,(H,22,23)/t19-/m1/s1. The summed E-state index contributed by atoms with van der Waals surface area (Å²) in [4.78, 5) is 12.5. The van der Waals surface area contributed by atoms with E-state index < -0.39 is 6.10 Å². The minimum atomic E-state index is -0.588. The Morgan fingerprint density at radius 3 is 2.48 bits per heavy atom. The number of halogens is 1. The van der Waals surface area contributed by atoms with E-state index in [0.29, 0.717) is 22.9 Å². The van der Waals surface area contributed by atoms with E-state index in [1.807, 2.05) is 52.0 Å². The third kappa shape index (κ3) is 5.68. The van der Waals surface area contributed by atoms with Crippen LogP contribution in [0.2, 0.25) is 5.02 Å². The molecule has 0 radical (unpaired) electrons. The van der Waals surface area contributed by atoms with Crippen LogP contribution in [0.3, 0.4) is 0 Å². The highest BCUT2D eigenvalue weighted by Crippen LogP contribution is 2.23. The van der Waals surface area contributed by atoms with Gasteiger partial charge in [-0.1, -0.05) is 24.6 Å². The fraction of sp³-hybridized carbons (Fsp3) is 0.350. The number of hydrogen-bond donors (Lipinski definition) is 1. The van der Waals surface area contributed by atoms with Crippen molar-refractivity contribution in [1.82, 2.24) is 0 Å². The lowest BCUT2D eigenvalue weighted by atomic mass is 10.2. The first-order valence-electron chi connectivity index (χ1n) is 8.39. The second-order valence-electron chi connectivity index (χ2n) is 6.11. The number of anilines is 1. The van der Waals surface area contributed by atoms with Crippen molar-refractivity contribution in [3.8, 4) is 11.5 Å². The molecule has 2 rings (SSSR count). The molecule has 0 saturated heterocycles.